The van der Waals surface area contributed by atoms with Crippen molar-refractivity contribution in [3.05, 3.63) is 64.2 Å². The maximum Gasteiger partial charge on any atom is 0.416 e. The van der Waals surface area contributed by atoms with Crippen LogP contribution in [0.15, 0.2) is 36.4 Å². The van der Waals surface area contributed by atoms with Crippen LogP contribution in [0.2, 0.25) is 0 Å². The molecule has 0 aliphatic carbocycles. The Hall–Kier alpha value is -2.51. The number of hydrogen-bond acceptors (Lipinski definition) is 1. The van der Waals surface area contributed by atoms with Crippen molar-refractivity contribution in [3.8, 4) is 0 Å². The van der Waals surface area contributed by atoms with Crippen molar-refractivity contribution in [2.45, 2.75) is 26.2 Å². The van der Waals surface area contributed by atoms with Gasteiger partial charge in [-0.3, -0.25) is 4.79 Å². The summed E-state index contributed by atoms with van der Waals surface area (Å²) in [7, 11) is 0. The Morgan fingerprint density at radius 3 is 1.88 bits per heavy atom. The van der Waals surface area contributed by atoms with Gasteiger partial charge in [0.05, 0.1) is 11.1 Å². The maximum absolute atomic E-state index is 12.8. The van der Waals surface area contributed by atoms with E-state index in [9.17, 15) is 31.1 Å². The van der Waals surface area contributed by atoms with Gasteiger partial charge in [0.2, 0.25) is 0 Å². The normalized spacial score (nSPS) is 12.2. The lowest BCUT2D eigenvalue weighted by molar-refractivity contribution is -0.143. The summed E-state index contributed by atoms with van der Waals surface area (Å²) in [5.41, 5.74) is -1.99. The number of carbonyl (C=O) groups excluding carboxylic acids is 1. The molecule has 0 bridgehead atoms. The van der Waals surface area contributed by atoms with Crippen molar-refractivity contribution in [1.29, 1.82) is 0 Å². The highest BCUT2D eigenvalue weighted by atomic mass is 19.4. The molecule has 0 spiro atoms. The molecule has 0 aliphatic rings. The molecule has 0 heterocycles. The summed E-state index contributed by atoms with van der Waals surface area (Å²) >= 11 is 0. The van der Waals surface area contributed by atoms with Gasteiger partial charge >= 0.3 is 12.4 Å². The minimum absolute atomic E-state index is 0.0192. The Kier molecular flexibility index (Phi) is 4.83. The van der Waals surface area contributed by atoms with Crippen LogP contribution in [0.4, 0.5) is 32.0 Å². The van der Waals surface area contributed by atoms with Gasteiger partial charge in [0, 0.05) is 11.3 Å². The van der Waals surface area contributed by atoms with E-state index < -0.39 is 35.0 Å². The monoisotopic (exact) mass is 361 g/mol. The molecule has 0 atom stereocenters. The first kappa shape index (κ1) is 18.8. The van der Waals surface area contributed by atoms with Crippen LogP contribution in [0.5, 0.6) is 0 Å². The van der Waals surface area contributed by atoms with Gasteiger partial charge in [0.15, 0.2) is 0 Å². The quantitative estimate of drug-likeness (QED) is 0.694. The van der Waals surface area contributed by atoms with Crippen molar-refractivity contribution in [2.24, 2.45) is 0 Å². The van der Waals surface area contributed by atoms with Crippen LogP contribution in [0.25, 0.3) is 0 Å². The molecule has 0 fully saturated rings. The molecule has 0 saturated heterocycles. The lowest BCUT2D eigenvalue weighted by Gasteiger charge is -2.15. The molecule has 0 saturated carbocycles. The second-order valence-corrected chi connectivity index (χ2v) is 5.50. The molecule has 8 heteroatoms. The zero-order chi connectivity index (χ0) is 19.0. The number of rotatable bonds is 2. The number of nitrogens with one attached hydrogen (secondary N) is 1. The minimum Gasteiger partial charge on any atom is -0.322 e. The summed E-state index contributed by atoms with van der Waals surface area (Å²) in [6, 6.07) is 5.67. The van der Waals surface area contributed by atoms with Crippen LogP contribution in [0.3, 0.4) is 0 Å². The zero-order valence-electron chi connectivity index (χ0n) is 13.1. The molecule has 1 N–H and O–H groups in total. The molecule has 134 valence electrons. The van der Waals surface area contributed by atoms with Gasteiger partial charge in [-0.15, -0.1) is 0 Å². The van der Waals surface area contributed by atoms with Crippen molar-refractivity contribution in [2.75, 3.05) is 5.32 Å². The van der Waals surface area contributed by atoms with E-state index in [-0.39, 0.29) is 6.07 Å². The molecule has 25 heavy (non-hydrogen) atoms. The van der Waals surface area contributed by atoms with Gasteiger partial charge in [-0.25, -0.2) is 0 Å². The maximum atomic E-state index is 12.8. The van der Waals surface area contributed by atoms with Crippen LogP contribution in [0, 0.1) is 13.8 Å². The van der Waals surface area contributed by atoms with Crippen molar-refractivity contribution < 1.29 is 31.1 Å². The van der Waals surface area contributed by atoms with E-state index in [0.29, 0.717) is 23.4 Å². The predicted octanol–water partition coefficient (Wildman–Crippen LogP) is 5.59. The molecular formula is C17H13F6NO. The molecule has 2 aromatic carbocycles. The number of amides is 1. The fourth-order valence-electron chi connectivity index (χ4n) is 2.17. The van der Waals surface area contributed by atoms with E-state index in [0.717, 1.165) is 5.56 Å². The van der Waals surface area contributed by atoms with E-state index in [2.05, 4.69) is 5.32 Å². The fourth-order valence-corrected chi connectivity index (χ4v) is 2.17. The molecule has 1 amide bonds. The highest BCUT2D eigenvalue weighted by Crippen LogP contribution is 2.36. The number of carbonyl (C=O) groups is 1. The van der Waals surface area contributed by atoms with Crippen molar-refractivity contribution in [1.82, 2.24) is 0 Å². The smallest absolute Gasteiger partial charge is 0.322 e. The molecule has 0 aliphatic heterocycles. The van der Waals surface area contributed by atoms with Gasteiger partial charge in [-0.1, -0.05) is 12.1 Å². The van der Waals surface area contributed by atoms with Crippen molar-refractivity contribution in [3.63, 3.8) is 0 Å². The second kappa shape index (κ2) is 6.42. The van der Waals surface area contributed by atoms with E-state index in [1.54, 1.807) is 26.0 Å². The fraction of sp³-hybridized carbons (Fsp3) is 0.235. The minimum atomic E-state index is -5.00. The summed E-state index contributed by atoms with van der Waals surface area (Å²) in [4.78, 5) is 12.2. The summed E-state index contributed by atoms with van der Waals surface area (Å²) < 4.78 is 77.1. The number of anilines is 1. The molecule has 0 unspecified atom stereocenters. The molecule has 0 radical (unpaired) electrons. The molecule has 2 rings (SSSR count). The highest BCUT2D eigenvalue weighted by molar-refractivity contribution is 6.05. The molecule has 0 aromatic heterocycles. The Labute approximate surface area is 139 Å². The number of hydrogen-bond donors (Lipinski definition) is 1. The van der Waals surface area contributed by atoms with Gasteiger partial charge in [-0.2, -0.15) is 26.3 Å². The Balaban J connectivity index is 2.47. The van der Waals surface area contributed by atoms with Gasteiger partial charge in [0.1, 0.15) is 0 Å². The average Bonchev–Trinajstić information content (AvgIpc) is 2.49. The lowest BCUT2D eigenvalue weighted by atomic mass is 10.0. The predicted molar refractivity (Wildman–Crippen MR) is 80.3 cm³/mol. The third-order valence-electron chi connectivity index (χ3n) is 3.70. The second-order valence-electron chi connectivity index (χ2n) is 5.50. The Morgan fingerprint density at radius 1 is 0.880 bits per heavy atom. The van der Waals surface area contributed by atoms with E-state index in [1.165, 1.54) is 6.07 Å². The van der Waals surface area contributed by atoms with E-state index >= 15 is 0 Å². The average molecular weight is 361 g/mol. The summed E-state index contributed by atoms with van der Waals surface area (Å²) in [6.07, 6.45) is -10.0. The zero-order valence-corrected chi connectivity index (χ0v) is 13.1. The van der Waals surface area contributed by atoms with Gasteiger partial charge in [-0.05, 0) is 49.2 Å². The molecule has 2 aromatic rings. The van der Waals surface area contributed by atoms with E-state index in [4.69, 9.17) is 0 Å². The van der Waals surface area contributed by atoms with Gasteiger partial charge in [0.25, 0.3) is 5.91 Å². The SMILES string of the molecule is Cc1cccc(NC(=O)c2cc(C(F)(F)F)cc(C(F)(F)F)c2)c1C. The highest BCUT2D eigenvalue weighted by Gasteiger charge is 2.37. The van der Waals surface area contributed by atoms with Crippen LogP contribution >= 0.6 is 0 Å². The summed E-state index contributed by atoms with van der Waals surface area (Å²) in [5, 5.41) is 2.35. The first-order valence-electron chi connectivity index (χ1n) is 7.06. The van der Waals surface area contributed by atoms with Gasteiger partial charge < -0.3 is 5.32 Å². The van der Waals surface area contributed by atoms with E-state index in [1.807, 2.05) is 0 Å². The first-order valence-corrected chi connectivity index (χ1v) is 7.06. The standard InChI is InChI=1S/C17H13F6NO/c1-9-4-3-5-14(10(9)2)24-15(25)11-6-12(16(18,19)20)8-13(7-11)17(21,22)23/h3-8H,1-2H3,(H,24,25). The number of alkyl halides is 6. The summed E-state index contributed by atoms with van der Waals surface area (Å²) in [5.74, 6) is -1.05. The van der Waals surface area contributed by atoms with Crippen LogP contribution < -0.4 is 5.32 Å². The Bertz CT molecular complexity index is 776. The lowest BCUT2D eigenvalue weighted by Crippen LogP contribution is -2.17. The molecule has 2 nitrogen and oxygen atoms in total. The topological polar surface area (TPSA) is 29.1 Å². The number of aryl methyl sites for hydroxylation is 1. The first-order chi connectivity index (χ1) is 11.4. The third-order valence-corrected chi connectivity index (χ3v) is 3.70. The van der Waals surface area contributed by atoms with Crippen molar-refractivity contribution >= 4 is 11.6 Å². The van der Waals surface area contributed by atoms with Crippen LogP contribution in [-0.2, 0) is 12.4 Å². The Morgan fingerprint density at radius 2 is 1.40 bits per heavy atom. The largest absolute Gasteiger partial charge is 0.416 e. The third kappa shape index (κ3) is 4.32. The number of benzene rings is 2. The number of halogens is 6. The van der Waals surface area contributed by atoms with Crippen LogP contribution in [-0.4, -0.2) is 5.91 Å². The summed E-state index contributed by atoms with van der Waals surface area (Å²) in [6.45, 7) is 3.44. The molecular weight excluding hydrogens is 348 g/mol. The van der Waals surface area contributed by atoms with Crippen LogP contribution in [0.1, 0.15) is 32.6 Å².